The van der Waals surface area contributed by atoms with Gasteiger partial charge in [0, 0.05) is 43.1 Å². The third kappa shape index (κ3) is 4.24. The van der Waals surface area contributed by atoms with E-state index in [9.17, 15) is 4.79 Å². The van der Waals surface area contributed by atoms with Crippen molar-refractivity contribution in [2.45, 2.75) is 26.3 Å². The predicted molar refractivity (Wildman–Crippen MR) is 131 cm³/mol. The van der Waals surface area contributed by atoms with Crippen LogP contribution in [0, 0.1) is 13.8 Å². The minimum absolute atomic E-state index is 0.107. The van der Waals surface area contributed by atoms with E-state index in [-0.39, 0.29) is 17.9 Å². The van der Waals surface area contributed by atoms with Gasteiger partial charge in [0.25, 0.3) is 5.78 Å². The molecule has 0 radical (unpaired) electrons. The van der Waals surface area contributed by atoms with Gasteiger partial charge in [-0.25, -0.2) is 4.98 Å². The van der Waals surface area contributed by atoms with Crippen LogP contribution in [0.25, 0.3) is 5.78 Å². The number of piperazine rings is 1. The molecule has 8 heteroatoms. The third-order valence-corrected chi connectivity index (χ3v) is 6.66. The van der Waals surface area contributed by atoms with Crippen LogP contribution in [0.3, 0.4) is 0 Å². The highest BCUT2D eigenvalue weighted by Gasteiger charge is 2.28. The highest BCUT2D eigenvalue weighted by atomic mass is 16.2. The zero-order valence-electron chi connectivity index (χ0n) is 19.6. The summed E-state index contributed by atoms with van der Waals surface area (Å²) in [6.45, 7) is 6.85. The molecule has 8 nitrogen and oxygen atoms in total. The number of fused-ring (bicyclic) bond motifs is 1. The van der Waals surface area contributed by atoms with Crippen molar-refractivity contribution in [2.75, 3.05) is 31.9 Å². The quantitative estimate of drug-likeness (QED) is 0.498. The second-order valence-corrected chi connectivity index (χ2v) is 8.76. The van der Waals surface area contributed by atoms with Crippen LogP contribution in [0.5, 0.6) is 0 Å². The Labute approximate surface area is 199 Å². The van der Waals surface area contributed by atoms with E-state index in [1.165, 1.54) is 11.1 Å². The number of nitrogens with two attached hydrogens (primary N) is 1. The molecule has 5 rings (SSSR count). The number of benzene rings is 2. The second-order valence-electron chi connectivity index (χ2n) is 8.76. The monoisotopic (exact) mass is 455 g/mol. The Morgan fingerprint density at radius 2 is 1.50 bits per heavy atom. The molecule has 0 spiro atoms. The van der Waals surface area contributed by atoms with Crippen molar-refractivity contribution >= 4 is 17.6 Å². The lowest BCUT2D eigenvalue weighted by Gasteiger charge is -2.40. The molecule has 4 aromatic rings. The highest BCUT2D eigenvalue weighted by Crippen LogP contribution is 2.29. The molecule has 0 saturated carbocycles. The summed E-state index contributed by atoms with van der Waals surface area (Å²) >= 11 is 0. The van der Waals surface area contributed by atoms with Gasteiger partial charge in [0.2, 0.25) is 11.9 Å². The highest BCUT2D eigenvalue weighted by molar-refractivity contribution is 5.79. The number of hydrogen-bond donors (Lipinski definition) is 1. The van der Waals surface area contributed by atoms with Crippen LogP contribution >= 0.6 is 0 Å². The van der Waals surface area contributed by atoms with E-state index in [0.717, 1.165) is 30.0 Å². The first-order valence-corrected chi connectivity index (χ1v) is 11.6. The SMILES string of the molecule is Cc1nc2nc(N)nn2c(C)c1CC(=O)N1CCN(C(c2ccccc2)c2ccccc2)CC1. The summed E-state index contributed by atoms with van der Waals surface area (Å²) in [4.78, 5) is 26.3. The Morgan fingerprint density at radius 1 is 0.912 bits per heavy atom. The molecule has 0 atom stereocenters. The van der Waals surface area contributed by atoms with Crippen LogP contribution in [-0.2, 0) is 11.2 Å². The van der Waals surface area contributed by atoms with Gasteiger partial charge in [0.1, 0.15) is 0 Å². The molecule has 174 valence electrons. The Balaban J connectivity index is 1.31. The van der Waals surface area contributed by atoms with Crippen molar-refractivity contribution in [1.29, 1.82) is 0 Å². The molecule has 1 aliphatic heterocycles. The maximum absolute atomic E-state index is 13.2. The van der Waals surface area contributed by atoms with Crippen LogP contribution in [0.2, 0.25) is 0 Å². The molecule has 1 aliphatic rings. The number of carbonyl (C=O) groups excluding carboxylic acids is 1. The summed E-state index contributed by atoms with van der Waals surface area (Å²) in [5.41, 5.74) is 10.8. The van der Waals surface area contributed by atoms with Gasteiger partial charge in [-0.05, 0) is 25.0 Å². The molecule has 1 amide bonds. The van der Waals surface area contributed by atoms with Crippen molar-refractivity contribution in [1.82, 2.24) is 29.4 Å². The number of rotatable bonds is 5. The van der Waals surface area contributed by atoms with Gasteiger partial charge in [0.15, 0.2) is 0 Å². The smallest absolute Gasteiger partial charge is 0.254 e. The van der Waals surface area contributed by atoms with Crippen molar-refractivity contribution in [3.05, 3.63) is 88.7 Å². The molecule has 1 fully saturated rings. The summed E-state index contributed by atoms with van der Waals surface area (Å²) in [5.74, 6) is 0.752. The Kier molecular flexibility index (Phi) is 5.98. The lowest BCUT2D eigenvalue weighted by Crippen LogP contribution is -2.50. The standard InChI is InChI=1S/C26H29N7O/c1-18-22(19(2)33-26(28-18)29-25(27)30-33)17-23(34)31-13-15-32(16-14-31)24(20-9-5-3-6-10-20)21-11-7-4-8-12-21/h3-12,24H,13-17H2,1-2H3,(H2,27,30). The lowest BCUT2D eigenvalue weighted by molar-refractivity contribution is -0.132. The van der Waals surface area contributed by atoms with E-state index in [4.69, 9.17) is 5.73 Å². The van der Waals surface area contributed by atoms with Crippen LogP contribution < -0.4 is 5.73 Å². The molecular formula is C26H29N7O. The lowest BCUT2D eigenvalue weighted by atomic mass is 9.96. The number of nitrogens with zero attached hydrogens (tertiary/aromatic N) is 6. The fourth-order valence-corrected chi connectivity index (χ4v) is 4.86. The summed E-state index contributed by atoms with van der Waals surface area (Å²) in [6.07, 6.45) is 0.293. The predicted octanol–water partition coefficient (Wildman–Crippen LogP) is 2.80. The van der Waals surface area contributed by atoms with E-state index in [0.29, 0.717) is 25.3 Å². The van der Waals surface area contributed by atoms with Crippen LogP contribution in [0.1, 0.15) is 34.1 Å². The van der Waals surface area contributed by atoms with Crippen molar-refractivity contribution < 1.29 is 4.79 Å². The Bertz CT molecular complexity index is 1260. The number of nitrogen functional groups attached to an aromatic ring is 1. The topological polar surface area (TPSA) is 92.6 Å². The molecule has 0 unspecified atom stereocenters. The first-order valence-electron chi connectivity index (χ1n) is 11.6. The Morgan fingerprint density at radius 3 is 2.09 bits per heavy atom. The number of amides is 1. The van der Waals surface area contributed by atoms with Crippen LogP contribution in [0.4, 0.5) is 5.95 Å². The van der Waals surface area contributed by atoms with E-state index < -0.39 is 0 Å². The van der Waals surface area contributed by atoms with Crippen molar-refractivity contribution in [2.24, 2.45) is 0 Å². The van der Waals surface area contributed by atoms with Crippen molar-refractivity contribution in [3.8, 4) is 0 Å². The van der Waals surface area contributed by atoms with Gasteiger partial charge >= 0.3 is 0 Å². The molecule has 2 aromatic heterocycles. The maximum Gasteiger partial charge on any atom is 0.254 e. The minimum Gasteiger partial charge on any atom is -0.366 e. The van der Waals surface area contributed by atoms with Gasteiger partial charge in [-0.1, -0.05) is 60.7 Å². The molecule has 0 aliphatic carbocycles. The molecule has 2 aromatic carbocycles. The average molecular weight is 456 g/mol. The summed E-state index contributed by atoms with van der Waals surface area (Å²) < 4.78 is 1.62. The first-order chi connectivity index (χ1) is 16.5. The summed E-state index contributed by atoms with van der Waals surface area (Å²) in [5, 5.41) is 4.21. The van der Waals surface area contributed by atoms with Gasteiger partial charge in [0.05, 0.1) is 12.5 Å². The third-order valence-electron chi connectivity index (χ3n) is 6.66. The zero-order chi connectivity index (χ0) is 23.7. The molecule has 2 N–H and O–H groups in total. The normalized spacial score (nSPS) is 14.7. The largest absolute Gasteiger partial charge is 0.366 e. The molecule has 0 bridgehead atoms. The molecule has 3 heterocycles. The summed E-state index contributed by atoms with van der Waals surface area (Å²) in [6, 6.07) is 21.3. The zero-order valence-corrected chi connectivity index (χ0v) is 19.6. The maximum atomic E-state index is 13.2. The van der Waals surface area contributed by atoms with E-state index >= 15 is 0 Å². The number of aryl methyl sites for hydroxylation is 2. The second kappa shape index (κ2) is 9.23. The minimum atomic E-state index is 0.107. The Hall–Kier alpha value is -3.78. The van der Waals surface area contributed by atoms with Gasteiger partial charge < -0.3 is 10.6 Å². The molecular weight excluding hydrogens is 426 g/mol. The summed E-state index contributed by atoms with van der Waals surface area (Å²) in [7, 11) is 0. The number of carbonyl (C=O) groups is 1. The van der Waals surface area contributed by atoms with Gasteiger partial charge in [-0.2, -0.15) is 9.50 Å². The number of aromatic nitrogens is 4. The number of hydrogen-bond acceptors (Lipinski definition) is 6. The molecule has 34 heavy (non-hydrogen) atoms. The first kappa shape index (κ1) is 22.0. The van der Waals surface area contributed by atoms with Crippen LogP contribution in [0.15, 0.2) is 60.7 Å². The van der Waals surface area contributed by atoms with Gasteiger partial charge in [-0.15, -0.1) is 5.10 Å². The average Bonchev–Trinajstić information content (AvgIpc) is 3.24. The van der Waals surface area contributed by atoms with Gasteiger partial charge in [-0.3, -0.25) is 9.69 Å². The number of anilines is 1. The molecule has 1 saturated heterocycles. The van der Waals surface area contributed by atoms with E-state index in [1.807, 2.05) is 30.9 Å². The van der Waals surface area contributed by atoms with E-state index in [1.54, 1.807) is 4.52 Å². The van der Waals surface area contributed by atoms with E-state index in [2.05, 4.69) is 68.5 Å². The fraction of sp³-hybridized carbons (Fsp3) is 0.308. The van der Waals surface area contributed by atoms with Crippen LogP contribution in [-0.4, -0.2) is 61.5 Å². The fourth-order valence-electron chi connectivity index (χ4n) is 4.86. The van der Waals surface area contributed by atoms with Crippen molar-refractivity contribution in [3.63, 3.8) is 0 Å².